The van der Waals surface area contributed by atoms with E-state index in [1.807, 2.05) is 0 Å². The van der Waals surface area contributed by atoms with Crippen molar-refractivity contribution < 1.29 is 0 Å². The van der Waals surface area contributed by atoms with Gasteiger partial charge in [-0.15, -0.1) is 0 Å². The van der Waals surface area contributed by atoms with Crippen molar-refractivity contribution in [3.8, 4) is 0 Å². The van der Waals surface area contributed by atoms with E-state index in [1.54, 1.807) is 0 Å². The van der Waals surface area contributed by atoms with E-state index in [9.17, 15) is 0 Å². The highest BCUT2D eigenvalue weighted by atomic mass is 14.8. The van der Waals surface area contributed by atoms with Crippen LogP contribution in [-0.4, -0.2) is 13.1 Å². The summed E-state index contributed by atoms with van der Waals surface area (Å²) < 4.78 is 0. The second-order valence-corrected chi connectivity index (χ2v) is 5.96. The largest absolute Gasteiger partial charge is 0.316 e. The Morgan fingerprint density at radius 2 is 1.67 bits per heavy atom. The second kappa shape index (κ2) is 8.15. The molecule has 0 heterocycles. The number of nitrogens with one attached hydrogen (secondary N) is 1. The van der Waals surface area contributed by atoms with Crippen molar-refractivity contribution in [3.63, 3.8) is 0 Å². The number of hydrogen-bond acceptors (Lipinski definition) is 1. The smallest absolute Gasteiger partial charge is 0.00205 e. The summed E-state index contributed by atoms with van der Waals surface area (Å²) in [6.07, 6.45) is 6.69. The first kappa shape index (κ1) is 15.0. The normalized spacial score (nSPS) is 14.2. The van der Waals surface area contributed by atoms with Gasteiger partial charge in [0.15, 0.2) is 0 Å². The summed E-state index contributed by atoms with van der Waals surface area (Å²) >= 11 is 0. The molecule has 1 N–H and O–H groups in total. The summed E-state index contributed by atoms with van der Waals surface area (Å²) in [7, 11) is 0. The third kappa shape index (κ3) is 10.2. The Balaban J connectivity index is 3.72. The Kier molecular flexibility index (Phi) is 8.13. The molecule has 0 radical (unpaired) electrons. The zero-order valence-electron chi connectivity index (χ0n) is 11.5. The molecule has 0 aliphatic carbocycles. The van der Waals surface area contributed by atoms with Crippen LogP contribution in [0.15, 0.2) is 0 Å². The molecule has 92 valence electrons. The molecule has 0 saturated heterocycles. The summed E-state index contributed by atoms with van der Waals surface area (Å²) in [5, 5.41) is 3.56. The van der Waals surface area contributed by atoms with E-state index in [0.29, 0.717) is 5.41 Å². The van der Waals surface area contributed by atoms with Crippen molar-refractivity contribution in [1.29, 1.82) is 0 Å². The van der Waals surface area contributed by atoms with Gasteiger partial charge in [-0.25, -0.2) is 0 Å². The second-order valence-electron chi connectivity index (χ2n) is 5.96. The summed E-state index contributed by atoms with van der Waals surface area (Å²) in [5.41, 5.74) is 0.497. The van der Waals surface area contributed by atoms with Crippen molar-refractivity contribution in [2.45, 2.75) is 66.7 Å². The van der Waals surface area contributed by atoms with Crippen LogP contribution < -0.4 is 5.32 Å². The molecule has 0 aromatic carbocycles. The van der Waals surface area contributed by atoms with E-state index < -0.39 is 0 Å². The van der Waals surface area contributed by atoms with Gasteiger partial charge in [-0.3, -0.25) is 0 Å². The topological polar surface area (TPSA) is 12.0 Å². The Hall–Kier alpha value is -0.0400. The predicted molar refractivity (Wildman–Crippen MR) is 70.2 cm³/mol. The van der Waals surface area contributed by atoms with Crippen molar-refractivity contribution in [1.82, 2.24) is 5.32 Å². The lowest BCUT2D eigenvalue weighted by atomic mass is 9.85. The van der Waals surface area contributed by atoms with Gasteiger partial charge in [-0.1, -0.05) is 41.0 Å². The molecule has 0 aliphatic heterocycles. The molecule has 0 spiro atoms. The standard InChI is InChI=1S/C14H31N/c1-6-8-13(12-15-11-7-2)9-10-14(3,4)5/h13,15H,6-12H2,1-5H3. The van der Waals surface area contributed by atoms with Gasteiger partial charge >= 0.3 is 0 Å². The molecule has 0 amide bonds. The zero-order valence-corrected chi connectivity index (χ0v) is 11.5. The van der Waals surface area contributed by atoms with Gasteiger partial charge < -0.3 is 5.32 Å². The minimum Gasteiger partial charge on any atom is -0.316 e. The van der Waals surface area contributed by atoms with E-state index in [0.717, 1.165) is 5.92 Å². The van der Waals surface area contributed by atoms with Crippen LogP contribution in [0.2, 0.25) is 0 Å². The fraction of sp³-hybridized carbons (Fsp3) is 1.00. The molecular weight excluding hydrogens is 182 g/mol. The number of hydrogen-bond donors (Lipinski definition) is 1. The Morgan fingerprint density at radius 3 is 2.13 bits per heavy atom. The van der Waals surface area contributed by atoms with Crippen molar-refractivity contribution in [3.05, 3.63) is 0 Å². The average molecular weight is 213 g/mol. The molecule has 1 atom stereocenters. The van der Waals surface area contributed by atoms with Gasteiger partial charge in [0.05, 0.1) is 0 Å². The van der Waals surface area contributed by atoms with Crippen LogP contribution >= 0.6 is 0 Å². The Morgan fingerprint density at radius 1 is 1.00 bits per heavy atom. The first-order valence-electron chi connectivity index (χ1n) is 6.70. The molecule has 1 unspecified atom stereocenters. The van der Waals surface area contributed by atoms with Crippen LogP contribution in [0.3, 0.4) is 0 Å². The van der Waals surface area contributed by atoms with E-state index in [4.69, 9.17) is 0 Å². The molecule has 0 fully saturated rings. The SMILES string of the molecule is CCCNCC(CCC)CCC(C)(C)C. The Labute approximate surface area is 97.0 Å². The third-order valence-electron chi connectivity index (χ3n) is 2.86. The Bertz CT molecular complexity index is 135. The molecule has 1 heteroatoms. The summed E-state index contributed by atoms with van der Waals surface area (Å²) in [5.74, 6) is 0.890. The van der Waals surface area contributed by atoms with Gasteiger partial charge in [0, 0.05) is 0 Å². The van der Waals surface area contributed by atoms with Crippen LogP contribution in [0.1, 0.15) is 66.7 Å². The summed E-state index contributed by atoms with van der Waals surface area (Å²) in [4.78, 5) is 0. The lowest BCUT2D eigenvalue weighted by molar-refractivity contribution is 0.305. The van der Waals surface area contributed by atoms with E-state index in [-0.39, 0.29) is 0 Å². The quantitative estimate of drug-likeness (QED) is 0.595. The maximum absolute atomic E-state index is 3.56. The molecule has 0 aliphatic rings. The van der Waals surface area contributed by atoms with Gasteiger partial charge in [0.1, 0.15) is 0 Å². The molecule has 0 bridgehead atoms. The molecule has 1 nitrogen and oxygen atoms in total. The lowest BCUT2D eigenvalue weighted by Gasteiger charge is -2.23. The van der Waals surface area contributed by atoms with Crippen molar-refractivity contribution >= 4 is 0 Å². The van der Waals surface area contributed by atoms with Gasteiger partial charge in [0.25, 0.3) is 0 Å². The van der Waals surface area contributed by atoms with Crippen LogP contribution in [0.25, 0.3) is 0 Å². The van der Waals surface area contributed by atoms with Gasteiger partial charge in [0.2, 0.25) is 0 Å². The zero-order chi connectivity index (χ0) is 11.7. The van der Waals surface area contributed by atoms with E-state index in [1.165, 1.54) is 45.2 Å². The maximum Gasteiger partial charge on any atom is -0.00205 e. The lowest BCUT2D eigenvalue weighted by Crippen LogP contribution is -2.24. The predicted octanol–water partition coefficient (Wildman–Crippen LogP) is 4.23. The van der Waals surface area contributed by atoms with Crippen LogP contribution in [0, 0.1) is 11.3 Å². The van der Waals surface area contributed by atoms with E-state index >= 15 is 0 Å². The van der Waals surface area contributed by atoms with E-state index in [2.05, 4.69) is 39.9 Å². The van der Waals surface area contributed by atoms with Crippen LogP contribution in [0.4, 0.5) is 0 Å². The minimum atomic E-state index is 0.497. The molecule has 0 aromatic heterocycles. The first-order chi connectivity index (χ1) is 6.99. The fourth-order valence-electron chi connectivity index (χ4n) is 1.88. The molecule has 0 rings (SSSR count). The summed E-state index contributed by atoms with van der Waals surface area (Å²) in [6, 6.07) is 0. The van der Waals surface area contributed by atoms with Crippen molar-refractivity contribution in [2.24, 2.45) is 11.3 Å². The van der Waals surface area contributed by atoms with Crippen LogP contribution in [-0.2, 0) is 0 Å². The van der Waals surface area contributed by atoms with Crippen molar-refractivity contribution in [2.75, 3.05) is 13.1 Å². The van der Waals surface area contributed by atoms with Gasteiger partial charge in [-0.2, -0.15) is 0 Å². The van der Waals surface area contributed by atoms with Crippen LogP contribution in [0.5, 0.6) is 0 Å². The highest BCUT2D eigenvalue weighted by Crippen LogP contribution is 2.25. The maximum atomic E-state index is 3.56. The monoisotopic (exact) mass is 213 g/mol. The highest BCUT2D eigenvalue weighted by Gasteiger charge is 2.14. The minimum absolute atomic E-state index is 0.497. The average Bonchev–Trinajstić information content (AvgIpc) is 2.13. The fourth-order valence-corrected chi connectivity index (χ4v) is 1.88. The molecule has 15 heavy (non-hydrogen) atoms. The summed E-state index contributed by atoms with van der Waals surface area (Å²) in [6.45, 7) is 14.0. The van der Waals surface area contributed by atoms with Gasteiger partial charge in [-0.05, 0) is 50.1 Å². The molecule has 0 aromatic rings. The highest BCUT2D eigenvalue weighted by molar-refractivity contribution is 4.68. The molecular formula is C14H31N. The molecule has 0 saturated carbocycles. The first-order valence-corrected chi connectivity index (χ1v) is 6.70. The third-order valence-corrected chi connectivity index (χ3v) is 2.86. The number of rotatable bonds is 8.